The summed E-state index contributed by atoms with van der Waals surface area (Å²) in [5.74, 6) is 0. The summed E-state index contributed by atoms with van der Waals surface area (Å²) in [4.78, 5) is 24.1. The van der Waals surface area contributed by atoms with E-state index in [9.17, 15) is 9.59 Å². The van der Waals surface area contributed by atoms with Gasteiger partial charge in [0.25, 0.3) is 0 Å². The molecule has 186 valence electrons. The van der Waals surface area contributed by atoms with Crippen molar-refractivity contribution in [1.29, 1.82) is 0 Å². The van der Waals surface area contributed by atoms with Crippen LogP contribution in [-0.4, -0.2) is 20.7 Å². The molecule has 6 heteroatoms. The lowest BCUT2D eigenvalue weighted by Crippen LogP contribution is -2.40. The first kappa shape index (κ1) is 25.6. The molecule has 0 saturated heterocycles. The Morgan fingerprint density at radius 2 is 1.36 bits per heavy atom. The second-order valence-corrected chi connectivity index (χ2v) is 15.4. The van der Waals surface area contributed by atoms with Gasteiger partial charge in [-0.15, -0.1) is 0 Å². The number of fused-ring (bicyclic) bond motifs is 2. The van der Waals surface area contributed by atoms with Gasteiger partial charge in [-0.25, -0.2) is 4.79 Å². The number of aldehydes is 1. The van der Waals surface area contributed by atoms with Crippen LogP contribution in [-0.2, 0) is 22.4 Å². The third kappa shape index (κ3) is 5.35. The molecular weight excluding hydrogens is 466 g/mol. The van der Waals surface area contributed by atoms with Crippen molar-refractivity contribution in [2.45, 2.75) is 52.1 Å². The van der Waals surface area contributed by atoms with Gasteiger partial charge in [-0.2, -0.15) is 0 Å². The molecule has 1 amide bonds. The van der Waals surface area contributed by atoms with Crippen molar-refractivity contribution >= 4 is 47.9 Å². The molecule has 0 heterocycles. The van der Waals surface area contributed by atoms with Crippen LogP contribution in [0.4, 0.5) is 10.5 Å². The standard InChI is InChI=1S/C30H33NO4Si/c1-30(2,3)36(4,5)35-20-23-16-17-28(27-13-9-8-12-26(23)27)31-29(33)34-19-22-15-14-21(18-32)24-10-6-7-11-25(22)24/h6-18H,19-20H2,1-5H3,(H,31,33). The van der Waals surface area contributed by atoms with Crippen LogP contribution in [0.3, 0.4) is 0 Å². The molecule has 0 saturated carbocycles. The number of rotatable bonds is 7. The molecule has 0 aliphatic heterocycles. The van der Waals surface area contributed by atoms with Crippen LogP contribution >= 0.6 is 0 Å². The highest BCUT2D eigenvalue weighted by molar-refractivity contribution is 6.74. The second-order valence-electron chi connectivity index (χ2n) is 10.5. The van der Waals surface area contributed by atoms with Crippen molar-refractivity contribution in [3.8, 4) is 0 Å². The lowest BCUT2D eigenvalue weighted by atomic mass is 10.0. The maximum absolute atomic E-state index is 12.7. The Balaban J connectivity index is 1.50. The van der Waals surface area contributed by atoms with E-state index in [0.717, 1.165) is 39.0 Å². The minimum Gasteiger partial charge on any atom is -0.444 e. The van der Waals surface area contributed by atoms with E-state index < -0.39 is 14.4 Å². The van der Waals surface area contributed by atoms with Crippen molar-refractivity contribution < 1.29 is 18.8 Å². The fraction of sp³-hybridized carbons (Fsp3) is 0.267. The average molecular weight is 500 g/mol. The maximum atomic E-state index is 12.7. The molecule has 0 fully saturated rings. The van der Waals surface area contributed by atoms with Crippen molar-refractivity contribution in [1.82, 2.24) is 0 Å². The van der Waals surface area contributed by atoms with Crippen molar-refractivity contribution in [2.24, 2.45) is 0 Å². The summed E-state index contributed by atoms with van der Waals surface area (Å²) in [5.41, 5.74) is 3.24. The minimum atomic E-state index is -1.89. The molecule has 0 spiro atoms. The van der Waals surface area contributed by atoms with Crippen LogP contribution in [0.2, 0.25) is 18.1 Å². The van der Waals surface area contributed by atoms with Gasteiger partial charge >= 0.3 is 6.09 Å². The molecule has 0 radical (unpaired) electrons. The topological polar surface area (TPSA) is 64.6 Å². The summed E-state index contributed by atoms with van der Waals surface area (Å²) < 4.78 is 12.0. The van der Waals surface area contributed by atoms with Gasteiger partial charge in [-0.3, -0.25) is 10.1 Å². The van der Waals surface area contributed by atoms with Gasteiger partial charge in [-0.1, -0.05) is 87.5 Å². The fourth-order valence-electron chi connectivity index (χ4n) is 3.97. The largest absolute Gasteiger partial charge is 0.444 e. The maximum Gasteiger partial charge on any atom is 0.411 e. The number of amides is 1. The molecule has 4 rings (SSSR count). The Morgan fingerprint density at radius 1 is 0.806 bits per heavy atom. The SMILES string of the molecule is CC(C)(C)[Si](C)(C)OCc1ccc(NC(=O)OCc2ccc(C=O)c3ccccc23)c2ccccc12. The number of carbonyl (C=O) groups is 2. The van der Waals surface area contributed by atoms with E-state index in [0.29, 0.717) is 17.9 Å². The van der Waals surface area contributed by atoms with Crippen LogP contribution in [0.15, 0.2) is 72.8 Å². The van der Waals surface area contributed by atoms with E-state index in [1.807, 2.05) is 60.7 Å². The van der Waals surface area contributed by atoms with Crippen molar-refractivity contribution in [3.05, 3.63) is 89.5 Å². The monoisotopic (exact) mass is 499 g/mol. The molecule has 4 aromatic carbocycles. The van der Waals surface area contributed by atoms with Gasteiger partial charge in [0.05, 0.1) is 12.3 Å². The lowest BCUT2D eigenvalue weighted by Gasteiger charge is -2.36. The Hall–Kier alpha value is -3.48. The molecule has 5 nitrogen and oxygen atoms in total. The highest BCUT2D eigenvalue weighted by atomic mass is 28.4. The van der Waals surface area contributed by atoms with E-state index in [2.05, 4.69) is 45.2 Å². The first-order valence-electron chi connectivity index (χ1n) is 12.1. The predicted molar refractivity (Wildman–Crippen MR) is 149 cm³/mol. The molecule has 0 atom stereocenters. The van der Waals surface area contributed by atoms with Crippen molar-refractivity contribution in [3.63, 3.8) is 0 Å². The molecule has 0 unspecified atom stereocenters. The molecule has 36 heavy (non-hydrogen) atoms. The Labute approximate surface area is 213 Å². The summed E-state index contributed by atoms with van der Waals surface area (Å²) in [7, 11) is -1.89. The quantitative estimate of drug-likeness (QED) is 0.206. The molecule has 0 aliphatic carbocycles. The van der Waals surface area contributed by atoms with E-state index in [4.69, 9.17) is 9.16 Å². The number of nitrogens with one attached hydrogen (secondary N) is 1. The highest BCUT2D eigenvalue weighted by Gasteiger charge is 2.37. The Morgan fingerprint density at radius 3 is 2.00 bits per heavy atom. The number of hydrogen-bond donors (Lipinski definition) is 1. The summed E-state index contributed by atoms with van der Waals surface area (Å²) >= 11 is 0. The molecule has 0 aliphatic rings. The zero-order chi connectivity index (χ0) is 25.9. The van der Waals surface area contributed by atoms with E-state index in [1.54, 1.807) is 6.07 Å². The normalized spacial score (nSPS) is 12.0. The number of benzene rings is 4. The third-order valence-corrected chi connectivity index (χ3v) is 11.7. The molecule has 1 N–H and O–H groups in total. The van der Waals surface area contributed by atoms with Crippen LogP contribution < -0.4 is 5.32 Å². The smallest absolute Gasteiger partial charge is 0.411 e. The van der Waals surface area contributed by atoms with Gasteiger partial charge in [0.2, 0.25) is 0 Å². The molecular formula is C30H33NO4Si. The Kier molecular flexibility index (Phi) is 7.29. The second kappa shape index (κ2) is 10.2. The Bertz CT molecular complexity index is 1420. The first-order chi connectivity index (χ1) is 17.1. The number of ether oxygens (including phenoxy) is 1. The zero-order valence-electron chi connectivity index (χ0n) is 21.6. The van der Waals surface area contributed by atoms with Gasteiger partial charge in [0.15, 0.2) is 14.6 Å². The zero-order valence-corrected chi connectivity index (χ0v) is 22.6. The highest BCUT2D eigenvalue weighted by Crippen LogP contribution is 2.38. The van der Waals surface area contributed by atoms with Crippen LogP contribution in [0, 0.1) is 0 Å². The van der Waals surface area contributed by atoms with Gasteiger partial charge < -0.3 is 9.16 Å². The third-order valence-electron chi connectivity index (χ3n) is 7.18. The van der Waals surface area contributed by atoms with Gasteiger partial charge in [0.1, 0.15) is 6.61 Å². The predicted octanol–water partition coefficient (Wildman–Crippen LogP) is 8.08. The number of hydrogen-bond acceptors (Lipinski definition) is 4. The van der Waals surface area contributed by atoms with Gasteiger partial charge in [-0.05, 0) is 51.5 Å². The number of carbonyl (C=O) groups excluding carboxylic acids is 2. The van der Waals surface area contributed by atoms with E-state index in [-0.39, 0.29) is 11.6 Å². The summed E-state index contributed by atoms with van der Waals surface area (Å²) in [5, 5.41) is 6.75. The molecule has 4 aromatic rings. The number of anilines is 1. The van der Waals surface area contributed by atoms with Gasteiger partial charge in [0, 0.05) is 10.9 Å². The lowest BCUT2D eigenvalue weighted by molar-refractivity contribution is 0.112. The van der Waals surface area contributed by atoms with E-state index in [1.165, 1.54) is 0 Å². The summed E-state index contributed by atoms with van der Waals surface area (Å²) in [6.45, 7) is 11.8. The van der Waals surface area contributed by atoms with Crippen LogP contribution in [0.1, 0.15) is 42.3 Å². The molecule has 0 bridgehead atoms. The molecule has 0 aromatic heterocycles. The van der Waals surface area contributed by atoms with Crippen LogP contribution in [0.25, 0.3) is 21.5 Å². The fourth-order valence-corrected chi connectivity index (χ4v) is 4.92. The first-order valence-corrected chi connectivity index (χ1v) is 15.1. The summed E-state index contributed by atoms with van der Waals surface area (Å²) in [6.07, 6.45) is 0.306. The van der Waals surface area contributed by atoms with Crippen LogP contribution in [0.5, 0.6) is 0 Å². The van der Waals surface area contributed by atoms with Crippen molar-refractivity contribution in [2.75, 3.05) is 5.32 Å². The van der Waals surface area contributed by atoms with E-state index >= 15 is 0 Å². The average Bonchev–Trinajstić information content (AvgIpc) is 2.86. The minimum absolute atomic E-state index is 0.0991. The summed E-state index contributed by atoms with van der Waals surface area (Å²) in [6, 6.07) is 23.1.